The zero-order chi connectivity index (χ0) is 23.8. The van der Waals surface area contributed by atoms with E-state index in [1.165, 1.54) is 13.0 Å². The average Bonchev–Trinajstić information content (AvgIpc) is 2.73. The van der Waals surface area contributed by atoms with Gasteiger partial charge in [-0.25, -0.2) is 0 Å². The van der Waals surface area contributed by atoms with Gasteiger partial charge in [-0.3, -0.25) is 14.4 Å². The standard InChI is InChI=1S/C24H27ClO6S/c1-14(2)22-23(30)18(15(3)26)13-19(25)24(22)31-11-4-12-32-17-7-5-16(6-8-17)20(27)9-10-21(28)29/h5-8,13-14,30H,4,9-12H2,1-3H3,(H,28,29). The highest BCUT2D eigenvalue weighted by molar-refractivity contribution is 7.99. The summed E-state index contributed by atoms with van der Waals surface area (Å²) in [7, 11) is 0. The lowest BCUT2D eigenvalue weighted by atomic mass is 9.96. The number of carboxylic acids is 1. The number of hydrogen-bond donors (Lipinski definition) is 2. The predicted molar refractivity (Wildman–Crippen MR) is 126 cm³/mol. The van der Waals surface area contributed by atoms with Crippen molar-refractivity contribution in [3.05, 3.63) is 52.0 Å². The first kappa shape index (κ1) is 25.7. The van der Waals surface area contributed by atoms with Crippen LogP contribution in [0.4, 0.5) is 0 Å². The molecular weight excluding hydrogens is 452 g/mol. The maximum atomic E-state index is 11.9. The predicted octanol–water partition coefficient (Wildman–Crippen LogP) is 5.98. The fourth-order valence-corrected chi connectivity index (χ4v) is 4.21. The first-order chi connectivity index (χ1) is 15.1. The van der Waals surface area contributed by atoms with Gasteiger partial charge in [0.25, 0.3) is 0 Å². The van der Waals surface area contributed by atoms with Crippen LogP contribution in [0.1, 0.15) is 72.2 Å². The molecule has 0 aromatic heterocycles. The van der Waals surface area contributed by atoms with E-state index in [1.54, 1.807) is 23.9 Å². The van der Waals surface area contributed by atoms with Gasteiger partial charge in [0.05, 0.1) is 23.6 Å². The number of carbonyl (C=O) groups is 3. The van der Waals surface area contributed by atoms with Crippen molar-refractivity contribution >= 4 is 40.9 Å². The largest absolute Gasteiger partial charge is 0.507 e. The second-order valence-corrected chi connectivity index (χ2v) is 9.18. The first-order valence-corrected chi connectivity index (χ1v) is 11.6. The second kappa shape index (κ2) is 11.9. The third-order valence-corrected chi connectivity index (χ3v) is 6.12. The highest BCUT2D eigenvalue weighted by Crippen LogP contribution is 2.42. The highest BCUT2D eigenvalue weighted by atomic mass is 35.5. The summed E-state index contributed by atoms with van der Waals surface area (Å²) in [6, 6.07) is 8.53. The van der Waals surface area contributed by atoms with Gasteiger partial charge in [0.2, 0.25) is 0 Å². The molecule has 6 nitrogen and oxygen atoms in total. The number of phenols is 1. The van der Waals surface area contributed by atoms with Crippen LogP contribution in [-0.2, 0) is 4.79 Å². The molecule has 0 aliphatic heterocycles. The number of halogens is 1. The molecule has 0 bridgehead atoms. The van der Waals surface area contributed by atoms with Crippen molar-refractivity contribution in [3.8, 4) is 11.5 Å². The zero-order valence-corrected chi connectivity index (χ0v) is 19.9. The normalized spacial score (nSPS) is 10.9. The lowest BCUT2D eigenvalue weighted by Crippen LogP contribution is -2.06. The minimum atomic E-state index is -0.987. The van der Waals surface area contributed by atoms with E-state index in [0.29, 0.717) is 34.9 Å². The van der Waals surface area contributed by atoms with Gasteiger partial charge in [-0.05, 0) is 37.5 Å². The summed E-state index contributed by atoms with van der Waals surface area (Å²) in [5.74, 6) is -0.429. The van der Waals surface area contributed by atoms with Gasteiger partial charge in [0.1, 0.15) is 11.5 Å². The molecule has 0 saturated heterocycles. The number of ketones is 2. The van der Waals surface area contributed by atoms with E-state index < -0.39 is 5.97 Å². The quantitative estimate of drug-likeness (QED) is 0.220. The Kier molecular flexibility index (Phi) is 9.60. The Balaban J connectivity index is 1.90. The van der Waals surface area contributed by atoms with Crippen LogP contribution in [-0.4, -0.2) is 40.1 Å². The van der Waals surface area contributed by atoms with Gasteiger partial charge in [0, 0.05) is 28.2 Å². The third-order valence-electron chi connectivity index (χ3n) is 4.75. The Hall–Kier alpha value is -2.51. The molecule has 2 aromatic rings. The van der Waals surface area contributed by atoms with E-state index in [4.69, 9.17) is 21.4 Å². The van der Waals surface area contributed by atoms with Crippen LogP contribution in [0.15, 0.2) is 35.2 Å². The van der Waals surface area contributed by atoms with E-state index in [2.05, 4.69) is 0 Å². The topological polar surface area (TPSA) is 101 Å². The second-order valence-electron chi connectivity index (χ2n) is 7.60. The van der Waals surface area contributed by atoms with Crippen molar-refractivity contribution in [2.45, 2.75) is 50.8 Å². The van der Waals surface area contributed by atoms with Crippen molar-refractivity contribution in [2.24, 2.45) is 0 Å². The Morgan fingerprint density at radius 3 is 2.34 bits per heavy atom. The Labute approximate surface area is 196 Å². The molecule has 0 unspecified atom stereocenters. The van der Waals surface area contributed by atoms with E-state index in [0.717, 1.165) is 10.6 Å². The van der Waals surface area contributed by atoms with E-state index >= 15 is 0 Å². The number of benzene rings is 2. The molecule has 2 rings (SSSR count). The monoisotopic (exact) mass is 478 g/mol. The Morgan fingerprint density at radius 1 is 1.12 bits per heavy atom. The number of aromatic hydroxyl groups is 1. The molecule has 0 fully saturated rings. The van der Waals surface area contributed by atoms with E-state index in [1.807, 2.05) is 26.0 Å². The van der Waals surface area contributed by atoms with Crippen LogP contribution < -0.4 is 4.74 Å². The number of rotatable bonds is 12. The van der Waals surface area contributed by atoms with Crippen molar-refractivity contribution in [1.29, 1.82) is 0 Å². The summed E-state index contributed by atoms with van der Waals surface area (Å²) in [5.41, 5.74) is 1.22. The number of ether oxygens (including phenoxy) is 1. The number of phenolic OH excluding ortho intramolecular Hbond substituents is 1. The number of carbonyl (C=O) groups excluding carboxylic acids is 2. The molecule has 8 heteroatoms. The van der Waals surface area contributed by atoms with E-state index in [-0.39, 0.29) is 41.6 Å². The maximum absolute atomic E-state index is 11.9. The van der Waals surface area contributed by atoms with Crippen LogP contribution >= 0.6 is 23.4 Å². The van der Waals surface area contributed by atoms with Gasteiger partial charge in [0.15, 0.2) is 11.6 Å². The molecular formula is C24H27ClO6S. The Bertz CT molecular complexity index is 985. The molecule has 0 radical (unpaired) electrons. The number of Topliss-reactive ketones (excluding diaryl/α,β-unsaturated/α-hetero) is 2. The Morgan fingerprint density at radius 2 is 1.78 bits per heavy atom. The molecule has 0 heterocycles. The van der Waals surface area contributed by atoms with Crippen LogP contribution in [0.2, 0.25) is 5.02 Å². The van der Waals surface area contributed by atoms with Crippen molar-refractivity contribution in [3.63, 3.8) is 0 Å². The smallest absolute Gasteiger partial charge is 0.303 e. The van der Waals surface area contributed by atoms with Gasteiger partial charge in [-0.2, -0.15) is 0 Å². The fraction of sp³-hybridized carbons (Fsp3) is 0.375. The summed E-state index contributed by atoms with van der Waals surface area (Å²) in [6.45, 7) is 5.56. The molecule has 2 aromatic carbocycles. The molecule has 0 amide bonds. The molecule has 0 saturated carbocycles. The summed E-state index contributed by atoms with van der Waals surface area (Å²) in [4.78, 5) is 35.3. The van der Waals surface area contributed by atoms with Gasteiger partial charge < -0.3 is 14.9 Å². The van der Waals surface area contributed by atoms with Crippen LogP contribution in [0.3, 0.4) is 0 Å². The minimum absolute atomic E-state index is 0.0109. The van der Waals surface area contributed by atoms with E-state index in [9.17, 15) is 19.5 Å². The maximum Gasteiger partial charge on any atom is 0.303 e. The molecule has 2 N–H and O–H groups in total. The number of hydrogen-bond acceptors (Lipinski definition) is 6. The summed E-state index contributed by atoms with van der Waals surface area (Å²) >= 11 is 7.94. The third kappa shape index (κ3) is 7.00. The lowest BCUT2D eigenvalue weighted by Gasteiger charge is -2.19. The minimum Gasteiger partial charge on any atom is -0.507 e. The van der Waals surface area contributed by atoms with Crippen molar-refractivity contribution < 1.29 is 29.3 Å². The van der Waals surface area contributed by atoms with Crippen molar-refractivity contribution in [2.75, 3.05) is 12.4 Å². The summed E-state index contributed by atoms with van der Waals surface area (Å²) in [5, 5.41) is 19.5. The molecule has 0 atom stereocenters. The number of thioether (sulfide) groups is 1. The van der Waals surface area contributed by atoms with Gasteiger partial charge in [-0.1, -0.05) is 37.6 Å². The van der Waals surface area contributed by atoms with Crippen LogP contribution in [0, 0.1) is 0 Å². The SMILES string of the molecule is CC(=O)c1cc(Cl)c(OCCCSc2ccc(C(=O)CCC(=O)O)cc2)c(C(C)C)c1O. The first-order valence-electron chi connectivity index (χ1n) is 10.3. The molecule has 32 heavy (non-hydrogen) atoms. The number of aliphatic carboxylic acids is 1. The van der Waals surface area contributed by atoms with Gasteiger partial charge in [-0.15, -0.1) is 11.8 Å². The number of carboxylic acid groups (broad SMARTS) is 1. The zero-order valence-electron chi connectivity index (χ0n) is 18.3. The molecule has 0 spiro atoms. The van der Waals surface area contributed by atoms with Crippen LogP contribution in [0.25, 0.3) is 0 Å². The molecule has 172 valence electrons. The average molecular weight is 479 g/mol. The summed E-state index contributed by atoms with van der Waals surface area (Å²) < 4.78 is 5.87. The highest BCUT2D eigenvalue weighted by Gasteiger charge is 2.22. The summed E-state index contributed by atoms with van der Waals surface area (Å²) in [6.07, 6.45) is 0.531. The molecule has 0 aliphatic carbocycles. The van der Waals surface area contributed by atoms with Gasteiger partial charge >= 0.3 is 5.97 Å². The van der Waals surface area contributed by atoms with Crippen molar-refractivity contribution in [1.82, 2.24) is 0 Å². The molecule has 0 aliphatic rings. The lowest BCUT2D eigenvalue weighted by molar-refractivity contribution is -0.136. The fourth-order valence-electron chi connectivity index (χ4n) is 3.12. The van der Waals surface area contributed by atoms with Crippen LogP contribution in [0.5, 0.6) is 11.5 Å².